The fourth-order valence-electron chi connectivity index (χ4n) is 3.04. The maximum absolute atomic E-state index is 12.0. The zero-order valence-electron chi connectivity index (χ0n) is 9.85. The van der Waals surface area contributed by atoms with E-state index in [1.54, 1.807) is 13.2 Å². The van der Waals surface area contributed by atoms with Crippen molar-refractivity contribution in [2.75, 3.05) is 13.7 Å². The van der Waals surface area contributed by atoms with Crippen LogP contribution < -0.4 is 0 Å². The molecule has 0 saturated heterocycles. The number of allylic oxidation sites excluding steroid dienone is 2. The van der Waals surface area contributed by atoms with E-state index in [2.05, 4.69) is 18.7 Å². The van der Waals surface area contributed by atoms with Crippen LogP contribution in [0, 0.1) is 5.92 Å². The van der Waals surface area contributed by atoms with Gasteiger partial charge < -0.3 is 9.64 Å². The highest BCUT2D eigenvalue weighted by molar-refractivity contribution is 5.95. The Kier molecular flexibility index (Phi) is 2.05. The van der Waals surface area contributed by atoms with Crippen molar-refractivity contribution in [1.82, 2.24) is 4.90 Å². The van der Waals surface area contributed by atoms with Crippen LogP contribution in [0.15, 0.2) is 48.3 Å². The van der Waals surface area contributed by atoms with Crippen molar-refractivity contribution < 1.29 is 9.53 Å². The molecule has 0 unspecified atom stereocenters. The molecule has 2 heterocycles. The Morgan fingerprint density at radius 1 is 1.65 bits per heavy atom. The van der Waals surface area contributed by atoms with Crippen LogP contribution in [0.5, 0.6) is 0 Å². The minimum Gasteiger partial charge on any atom is -0.498 e. The fraction of sp³-hybridized carbons (Fsp3) is 0.357. The summed E-state index contributed by atoms with van der Waals surface area (Å²) in [7, 11) is 1.66. The van der Waals surface area contributed by atoms with Gasteiger partial charge in [0.25, 0.3) is 0 Å². The third-order valence-electron chi connectivity index (χ3n) is 3.85. The summed E-state index contributed by atoms with van der Waals surface area (Å²) < 4.78 is 5.52. The average Bonchev–Trinajstić information content (AvgIpc) is 2.86. The van der Waals surface area contributed by atoms with E-state index in [9.17, 15) is 4.79 Å². The van der Waals surface area contributed by atoms with Crippen LogP contribution in [-0.2, 0) is 9.53 Å². The predicted octanol–water partition coefficient (Wildman–Crippen LogP) is 1.80. The van der Waals surface area contributed by atoms with Gasteiger partial charge in [0.15, 0.2) is 0 Å². The van der Waals surface area contributed by atoms with Crippen molar-refractivity contribution >= 4 is 5.91 Å². The molecule has 0 fully saturated rings. The van der Waals surface area contributed by atoms with Gasteiger partial charge in [-0.25, -0.2) is 0 Å². The Balaban J connectivity index is 2.17. The molecule has 88 valence electrons. The van der Waals surface area contributed by atoms with Crippen LogP contribution in [0.1, 0.15) is 6.42 Å². The number of carbonyl (C=O) groups excluding carboxylic acids is 1. The van der Waals surface area contributed by atoms with Crippen molar-refractivity contribution in [3.05, 3.63) is 48.3 Å². The lowest BCUT2D eigenvalue weighted by molar-refractivity contribution is -0.126. The van der Waals surface area contributed by atoms with E-state index in [-0.39, 0.29) is 11.8 Å². The van der Waals surface area contributed by atoms with Crippen molar-refractivity contribution in [1.29, 1.82) is 0 Å². The highest BCUT2D eigenvalue weighted by atomic mass is 16.5. The van der Waals surface area contributed by atoms with Gasteiger partial charge in [-0.05, 0) is 24.1 Å². The predicted molar refractivity (Wildman–Crippen MR) is 65.1 cm³/mol. The monoisotopic (exact) mass is 229 g/mol. The van der Waals surface area contributed by atoms with E-state index in [1.165, 1.54) is 0 Å². The summed E-state index contributed by atoms with van der Waals surface area (Å²) >= 11 is 0. The van der Waals surface area contributed by atoms with Crippen molar-refractivity contribution in [2.24, 2.45) is 5.92 Å². The molecule has 0 radical (unpaired) electrons. The smallest absolute Gasteiger partial charge is 0.248 e. The number of hydrogen-bond donors (Lipinski definition) is 0. The molecule has 0 N–H and O–H groups in total. The molecular weight excluding hydrogens is 214 g/mol. The molecule has 3 heteroatoms. The topological polar surface area (TPSA) is 29.5 Å². The zero-order valence-corrected chi connectivity index (χ0v) is 9.85. The summed E-state index contributed by atoms with van der Waals surface area (Å²) in [5.74, 6) is 1.18. The molecule has 2 aliphatic heterocycles. The Hall–Kier alpha value is -1.77. The summed E-state index contributed by atoms with van der Waals surface area (Å²) in [6.45, 7) is 4.49. The Bertz CT molecular complexity index is 486. The normalized spacial score (nSPS) is 34.1. The highest BCUT2D eigenvalue weighted by Crippen LogP contribution is 2.48. The first-order chi connectivity index (χ1) is 8.22. The molecule has 0 aromatic rings. The van der Waals surface area contributed by atoms with E-state index in [4.69, 9.17) is 4.74 Å². The summed E-state index contributed by atoms with van der Waals surface area (Å²) in [6.07, 6.45) is 10.7. The quantitative estimate of drug-likeness (QED) is 0.676. The lowest BCUT2D eigenvalue weighted by Gasteiger charge is -2.39. The van der Waals surface area contributed by atoms with E-state index in [0.717, 1.165) is 17.8 Å². The van der Waals surface area contributed by atoms with Crippen LogP contribution in [0.25, 0.3) is 0 Å². The summed E-state index contributed by atoms with van der Waals surface area (Å²) in [4.78, 5) is 13.8. The van der Waals surface area contributed by atoms with Gasteiger partial charge in [0.05, 0.1) is 7.11 Å². The minimum absolute atomic E-state index is 0.0812. The van der Waals surface area contributed by atoms with Gasteiger partial charge in [0, 0.05) is 18.5 Å². The molecule has 1 aliphatic carbocycles. The van der Waals surface area contributed by atoms with E-state index in [0.29, 0.717) is 6.54 Å². The van der Waals surface area contributed by atoms with Gasteiger partial charge >= 0.3 is 0 Å². The molecule has 3 rings (SSSR count). The minimum atomic E-state index is -0.425. The lowest BCUT2D eigenvalue weighted by atomic mass is 9.78. The maximum atomic E-state index is 12.0. The zero-order chi connectivity index (χ0) is 12.0. The number of ether oxygens (including phenoxy) is 1. The largest absolute Gasteiger partial charge is 0.498 e. The van der Waals surface area contributed by atoms with Crippen molar-refractivity contribution in [2.45, 2.75) is 12.0 Å². The van der Waals surface area contributed by atoms with Gasteiger partial charge in [-0.3, -0.25) is 4.79 Å². The SMILES string of the molecule is C=C[C@@H]1C=C(OC)[C@@]23C=CCN2C(=O)C=C3C1. The van der Waals surface area contributed by atoms with Gasteiger partial charge in [-0.2, -0.15) is 0 Å². The molecule has 1 amide bonds. The first kappa shape index (κ1) is 10.4. The maximum Gasteiger partial charge on any atom is 0.248 e. The Labute approximate surface area is 101 Å². The van der Waals surface area contributed by atoms with E-state index >= 15 is 0 Å². The highest BCUT2D eigenvalue weighted by Gasteiger charge is 2.53. The summed E-state index contributed by atoms with van der Waals surface area (Å²) in [5.41, 5.74) is 0.700. The van der Waals surface area contributed by atoms with Gasteiger partial charge in [0.1, 0.15) is 11.3 Å². The van der Waals surface area contributed by atoms with Crippen molar-refractivity contribution in [3.63, 3.8) is 0 Å². The molecule has 17 heavy (non-hydrogen) atoms. The van der Waals surface area contributed by atoms with Crippen LogP contribution >= 0.6 is 0 Å². The molecule has 1 spiro atoms. The Morgan fingerprint density at radius 2 is 2.47 bits per heavy atom. The third-order valence-corrected chi connectivity index (χ3v) is 3.85. The number of amides is 1. The first-order valence-electron chi connectivity index (χ1n) is 5.81. The molecule has 0 aromatic heterocycles. The molecule has 0 saturated carbocycles. The Morgan fingerprint density at radius 3 is 3.18 bits per heavy atom. The van der Waals surface area contributed by atoms with Crippen molar-refractivity contribution in [3.8, 4) is 0 Å². The fourth-order valence-corrected chi connectivity index (χ4v) is 3.04. The number of nitrogens with zero attached hydrogens (tertiary/aromatic N) is 1. The number of carbonyl (C=O) groups is 1. The molecule has 3 nitrogen and oxygen atoms in total. The molecule has 0 bridgehead atoms. The van der Waals surface area contributed by atoms with Crippen LogP contribution in [0.4, 0.5) is 0 Å². The van der Waals surface area contributed by atoms with Gasteiger partial charge in [0.2, 0.25) is 5.91 Å². The van der Waals surface area contributed by atoms with Gasteiger partial charge in [-0.15, -0.1) is 6.58 Å². The van der Waals surface area contributed by atoms with Crippen LogP contribution in [-0.4, -0.2) is 30.0 Å². The summed E-state index contributed by atoms with van der Waals surface area (Å²) in [6, 6.07) is 0. The number of hydrogen-bond acceptors (Lipinski definition) is 2. The second-order valence-corrected chi connectivity index (χ2v) is 4.63. The molecule has 0 aromatic carbocycles. The number of methoxy groups -OCH3 is 1. The average molecular weight is 229 g/mol. The number of rotatable bonds is 2. The molecular formula is C14H15NO2. The third kappa shape index (κ3) is 1.14. The molecule has 2 atom stereocenters. The van der Waals surface area contributed by atoms with E-state index < -0.39 is 5.54 Å². The standard InChI is InChI=1S/C14H15NO2/c1-3-10-7-11-9-13(16)15-6-4-5-14(11,15)12(8-10)17-2/h3-5,8-10H,1,6-7H2,2H3/t10-,14-/m0/s1. The van der Waals surface area contributed by atoms with E-state index in [1.807, 2.05) is 17.1 Å². The lowest BCUT2D eigenvalue weighted by Crippen LogP contribution is -2.47. The second kappa shape index (κ2) is 3.36. The van der Waals surface area contributed by atoms with Gasteiger partial charge in [-0.1, -0.05) is 12.2 Å². The van der Waals surface area contributed by atoms with Crippen LogP contribution in [0.2, 0.25) is 0 Å². The first-order valence-corrected chi connectivity index (χ1v) is 5.81. The summed E-state index contributed by atoms with van der Waals surface area (Å²) in [5, 5.41) is 0. The second-order valence-electron chi connectivity index (χ2n) is 4.63. The van der Waals surface area contributed by atoms with Crippen LogP contribution in [0.3, 0.4) is 0 Å². The molecule has 3 aliphatic rings.